The van der Waals surface area contributed by atoms with Gasteiger partial charge in [0.2, 0.25) is 9.70 Å². The van der Waals surface area contributed by atoms with Gasteiger partial charge in [0.25, 0.3) is 0 Å². The van der Waals surface area contributed by atoms with Gasteiger partial charge in [-0.25, -0.2) is 0 Å². The maximum Gasteiger partial charge on any atom is 0.228 e. The van der Waals surface area contributed by atoms with Gasteiger partial charge < -0.3 is 16.0 Å². The standard InChI is InChI=1S/C25H40Cl3N3OS/c1-3-4-5-6-7-8-9-10-11-12-13-14-18-22(32)30-23(25(26,27)28)31-24(33)29-21-17-15-16-20(2)19-21/h15-17,19,23H,3-14,18H2,1-2H3,(H,30,32)(H2,29,31,33). The first-order chi connectivity index (χ1) is 15.7. The Morgan fingerprint density at radius 2 is 1.45 bits per heavy atom. The molecule has 0 saturated heterocycles. The summed E-state index contributed by atoms with van der Waals surface area (Å²) in [4.78, 5) is 12.4. The summed E-state index contributed by atoms with van der Waals surface area (Å²) in [6.07, 6.45) is 14.4. The third-order valence-corrected chi connectivity index (χ3v) is 6.32. The normalized spacial score (nSPS) is 12.3. The number of alkyl halides is 3. The van der Waals surface area contributed by atoms with Crippen LogP contribution in [-0.2, 0) is 4.79 Å². The lowest BCUT2D eigenvalue weighted by Crippen LogP contribution is -2.56. The van der Waals surface area contributed by atoms with Crippen molar-refractivity contribution < 1.29 is 4.79 Å². The highest BCUT2D eigenvalue weighted by molar-refractivity contribution is 7.80. The van der Waals surface area contributed by atoms with Crippen LogP contribution in [0.2, 0.25) is 0 Å². The molecule has 0 saturated carbocycles. The van der Waals surface area contributed by atoms with Crippen LogP contribution in [0.1, 0.15) is 96.0 Å². The van der Waals surface area contributed by atoms with Crippen LogP contribution in [0.15, 0.2) is 24.3 Å². The summed E-state index contributed by atoms with van der Waals surface area (Å²) in [5.74, 6) is -0.163. The molecule has 1 aromatic rings. The molecule has 33 heavy (non-hydrogen) atoms. The van der Waals surface area contributed by atoms with E-state index in [1.165, 1.54) is 57.8 Å². The van der Waals surface area contributed by atoms with Crippen molar-refractivity contribution in [2.75, 3.05) is 5.32 Å². The Hall–Kier alpha value is -0.750. The highest BCUT2D eigenvalue weighted by Crippen LogP contribution is 2.29. The number of halogens is 3. The lowest BCUT2D eigenvalue weighted by Gasteiger charge is -2.27. The van der Waals surface area contributed by atoms with Crippen molar-refractivity contribution in [1.82, 2.24) is 10.6 Å². The first-order valence-electron chi connectivity index (χ1n) is 12.2. The molecule has 0 heterocycles. The second-order valence-corrected chi connectivity index (χ2v) is 11.4. The monoisotopic (exact) mass is 535 g/mol. The molecular formula is C25H40Cl3N3OS. The number of rotatable bonds is 16. The van der Waals surface area contributed by atoms with E-state index >= 15 is 0 Å². The third kappa shape index (κ3) is 15.7. The summed E-state index contributed by atoms with van der Waals surface area (Å²) in [5, 5.41) is 8.96. The van der Waals surface area contributed by atoms with Crippen molar-refractivity contribution in [3.05, 3.63) is 29.8 Å². The minimum atomic E-state index is -1.75. The zero-order valence-corrected chi connectivity index (χ0v) is 23.1. The molecule has 0 aliphatic carbocycles. The van der Waals surface area contributed by atoms with E-state index in [4.69, 9.17) is 47.0 Å². The van der Waals surface area contributed by atoms with Crippen molar-refractivity contribution in [3.8, 4) is 0 Å². The van der Waals surface area contributed by atoms with Crippen molar-refractivity contribution in [3.63, 3.8) is 0 Å². The van der Waals surface area contributed by atoms with Gasteiger partial charge in [0.15, 0.2) is 5.11 Å². The molecule has 1 rings (SSSR count). The van der Waals surface area contributed by atoms with Gasteiger partial charge >= 0.3 is 0 Å². The maximum absolute atomic E-state index is 12.4. The summed E-state index contributed by atoms with van der Waals surface area (Å²) in [6.45, 7) is 4.24. The zero-order valence-electron chi connectivity index (χ0n) is 20.0. The van der Waals surface area contributed by atoms with Gasteiger partial charge in [0, 0.05) is 12.1 Å². The van der Waals surface area contributed by atoms with E-state index in [0.29, 0.717) is 6.42 Å². The van der Waals surface area contributed by atoms with Crippen LogP contribution in [0.25, 0.3) is 0 Å². The number of hydrogen-bond donors (Lipinski definition) is 3. The molecule has 1 atom stereocenters. The van der Waals surface area contributed by atoms with Crippen molar-refractivity contribution in [2.45, 2.75) is 107 Å². The second kappa shape index (κ2) is 17.7. The van der Waals surface area contributed by atoms with Crippen molar-refractivity contribution >= 4 is 63.7 Å². The molecule has 8 heteroatoms. The molecule has 1 aromatic carbocycles. The van der Waals surface area contributed by atoms with Crippen molar-refractivity contribution in [1.29, 1.82) is 0 Å². The molecule has 0 aromatic heterocycles. The van der Waals surface area contributed by atoms with Crippen LogP contribution in [0.3, 0.4) is 0 Å². The van der Waals surface area contributed by atoms with Crippen LogP contribution in [0.4, 0.5) is 5.69 Å². The van der Waals surface area contributed by atoms with Crippen LogP contribution in [-0.4, -0.2) is 21.0 Å². The Labute approximate surface area is 220 Å². The number of unbranched alkanes of at least 4 members (excludes halogenated alkanes) is 11. The summed E-state index contributed by atoms with van der Waals surface area (Å²) in [7, 11) is 0. The fraction of sp³-hybridized carbons (Fsp3) is 0.680. The van der Waals surface area contributed by atoms with Gasteiger partial charge in [0.05, 0.1) is 0 Å². The highest BCUT2D eigenvalue weighted by Gasteiger charge is 2.34. The fourth-order valence-corrected chi connectivity index (χ4v) is 4.14. The average molecular weight is 537 g/mol. The Balaban J connectivity index is 2.22. The maximum atomic E-state index is 12.4. The lowest BCUT2D eigenvalue weighted by atomic mass is 10.0. The molecule has 1 unspecified atom stereocenters. The first kappa shape index (κ1) is 30.3. The quantitative estimate of drug-likeness (QED) is 0.0862. The van der Waals surface area contributed by atoms with Crippen LogP contribution >= 0.6 is 47.0 Å². The molecule has 4 nitrogen and oxygen atoms in total. The van der Waals surface area contributed by atoms with Gasteiger partial charge in [-0.3, -0.25) is 4.79 Å². The van der Waals surface area contributed by atoms with E-state index in [0.717, 1.165) is 30.5 Å². The highest BCUT2D eigenvalue weighted by atomic mass is 35.6. The van der Waals surface area contributed by atoms with Crippen LogP contribution in [0, 0.1) is 6.92 Å². The number of hydrogen-bond acceptors (Lipinski definition) is 2. The van der Waals surface area contributed by atoms with Gasteiger partial charge in [-0.1, -0.05) is 124 Å². The van der Waals surface area contributed by atoms with E-state index in [9.17, 15) is 4.79 Å². The predicted octanol–water partition coefficient (Wildman–Crippen LogP) is 8.19. The number of amides is 1. The molecule has 3 N–H and O–H groups in total. The smallest absolute Gasteiger partial charge is 0.228 e. The van der Waals surface area contributed by atoms with Gasteiger partial charge in [-0.15, -0.1) is 0 Å². The Kier molecular flexibility index (Phi) is 16.2. The van der Waals surface area contributed by atoms with Gasteiger partial charge in [0.1, 0.15) is 6.17 Å². The minimum absolute atomic E-state index is 0.163. The number of carbonyl (C=O) groups excluding carboxylic acids is 1. The molecule has 0 aliphatic heterocycles. The molecule has 0 aliphatic rings. The number of anilines is 1. The molecule has 0 radical (unpaired) electrons. The first-order valence-corrected chi connectivity index (χ1v) is 13.8. The summed E-state index contributed by atoms with van der Waals surface area (Å²) < 4.78 is -1.75. The fourth-order valence-electron chi connectivity index (χ4n) is 3.58. The average Bonchev–Trinajstić information content (AvgIpc) is 2.73. The Bertz CT molecular complexity index is 698. The lowest BCUT2D eigenvalue weighted by molar-refractivity contribution is -0.122. The molecule has 0 fully saturated rings. The number of nitrogens with one attached hydrogen (secondary N) is 3. The number of thiocarbonyl (C=S) groups is 1. The van der Waals surface area contributed by atoms with Crippen molar-refractivity contribution in [2.24, 2.45) is 0 Å². The van der Waals surface area contributed by atoms with E-state index in [1.807, 2.05) is 31.2 Å². The number of aryl methyl sites for hydroxylation is 1. The SMILES string of the molecule is CCCCCCCCCCCCCCC(=O)NC(NC(=S)Nc1cccc(C)c1)C(Cl)(Cl)Cl. The van der Waals surface area contributed by atoms with Crippen LogP contribution < -0.4 is 16.0 Å². The van der Waals surface area contributed by atoms with E-state index in [2.05, 4.69) is 22.9 Å². The van der Waals surface area contributed by atoms with Gasteiger partial charge in [-0.2, -0.15) is 0 Å². The van der Waals surface area contributed by atoms with E-state index < -0.39 is 9.96 Å². The third-order valence-electron chi connectivity index (χ3n) is 5.44. The van der Waals surface area contributed by atoms with Gasteiger partial charge in [-0.05, 0) is 43.3 Å². The number of benzene rings is 1. The molecule has 188 valence electrons. The number of carbonyl (C=O) groups is 1. The largest absolute Gasteiger partial charge is 0.339 e. The zero-order chi connectivity index (χ0) is 24.5. The predicted molar refractivity (Wildman–Crippen MR) is 148 cm³/mol. The Morgan fingerprint density at radius 3 is 1.97 bits per heavy atom. The van der Waals surface area contributed by atoms with E-state index in [-0.39, 0.29) is 11.0 Å². The molecule has 1 amide bonds. The second-order valence-electron chi connectivity index (χ2n) is 8.65. The topological polar surface area (TPSA) is 53.2 Å². The minimum Gasteiger partial charge on any atom is -0.339 e. The summed E-state index contributed by atoms with van der Waals surface area (Å²) in [6, 6.07) is 7.74. The molecule has 0 spiro atoms. The summed E-state index contributed by atoms with van der Waals surface area (Å²) in [5.41, 5.74) is 1.91. The molecular weight excluding hydrogens is 497 g/mol. The summed E-state index contributed by atoms with van der Waals surface area (Å²) >= 11 is 23.5. The van der Waals surface area contributed by atoms with E-state index in [1.54, 1.807) is 0 Å². The van der Waals surface area contributed by atoms with Crippen LogP contribution in [0.5, 0.6) is 0 Å². The Morgan fingerprint density at radius 1 is 0.909 bits per heavy atom. The molecule has 0 bridgehead atoms.